The molecule has 0 aliphatic heterocycles. The van der Waals surface area contributed by atoms with Crippen molar-refractivity contribution >= 4 is 71.1 Å². The molecule has 0 saturated carbocycles. The van der Waals surface area contributed by atoms with Crippen LogP contribution in [0.5, 0.6) is 0 Å². The highest BCUT2D eigenvalue weighted by atomic mass is 15.0. The van der Waals surface area contributed by atoms with Crippen molar-refractivity contribution in [1.29, 1.82) is 0 Å². The minimum Gasteiger partial charge on any atom is -0.307 e. The highest BCUT2D eigenvalue weighted by molar-refractivity contribution is 6.32. The van der Waals surface area contributed by atoms with Gasteiger partial charge < -0.3 is 9.13 Å². The SMILES string of the molecule is c1ccc(-n2c3ccccc3c3ccc4c5c6c(ccc5n(-c5ccccc5)c4c32)c2nccn2c2cccnc62)cc1. The lowest BCUT2D eigenvalue weighted by atomic mass is 10.0. The predicted molar refractivity (Wildman–Crippen MR) is 177 cm³/mol. The lowest BCUT2D eigenvalue weighted by molar-refractivity contribution is 1.15. The molecular weight excluding hydrogens is 526 g/mol. The van der Waals surface area contributed by atoms with Gasteiger partial charge in [0.15, 0.2) is 0 Å². The molecule has 10 rings (SSSR count). The molecule has 0 aliphatic rings. The summed E-state index contributed by atoms with van der Waals surface area (Å²) in [7, 11) is 0. The first-order valence-corrected chi connectivity index (χ1v) is 14.5. The van der Waals surface area contributed by atoms with Gasteiger partial charge in [0.2, 0.25) is 0 Å². The first kappa shape index (κ1) is 22.7. The molecule has 0 radical (unpaired) electrons. The summed E-state index contributed by atoms with van der Waals surface area (Å²) >= 11 is 0. The Morgan fingerprint density at radius 2 is 1.07 bits per heavy atom. The van der Waals surface area contributed by atoms with E-state index in [0.29, 0.717) is 0 Å². The second-order valence-electron chi connectivity index (χ2n) is 11.1. The van der Waals surface area contributed by atoms with Crippen molar-refractivity contribution in [2.45, 2.75) is 0 Å². The van der Waals surface area contributed by atoms with E-state index >= 15 is 0 Å². The van der Waals surface area contributed by atoms with Crippen LogP contribution in [0.1, 0.15) is 0 Å². The van der Waals surface area contributed by atoms with E-state index < -0.39 is 0 Å². The summed E-state index contributed by atoms with van der Waals surface area (Å²) in [5.74, 6) is 0. The van der Waals surface area contributed by atoms with E-state index in [-0.39, 0.29) is 0 Å². The van der Waals surface area contributed by atoms with Gasteiger partial charge in [-0.1, -0.05) is 66.7 Å². The Morgan fingerprint density at radius 1 is 0.419 bits per heavy atom. The number of hydrogen-bond acceptors (Lipinski definition) is 2. The Bertz CT molecular complexity index is 2710. The molecule has 5 aromatic heterocycles. The third-order valence-electron chi connectivity index (χ3n) is 8.92. The number of pyridine rings is 2. The molecule has 0 aliphatic carbocycles. The van der Waals surface area contributed by atoms with Gasteiger partial charge >= 0.3 is 0 Å². The third-order valence-corrected chi connectivity index (χ3v) is 8.92. The van der Waals surface area contributed by atoms with Crippen LogP contribution >= 0.6 is 0 Å². The number of para-hydroxylation sites is 3. The maximum Gasteiger partial charge on any atom is 0.145 e. The molecule has 5 heteroatoms. The minimum absolute atomic E-state index is 0.942. The Labute approximate surface area is 245 Å². The fraction of sp³-hybridized carbons (Fsp3) is 0. The van der Waals surface area contributed by atoms with Crippen LogP contribution in [0.15, 0.2) is 140 Å². The number of rotatable bonds is 2. The number of benzene rings is 5. The van der Waals surface area contributed by atoms with Crippen molar-refractivity contribution in [1.82, 2.24) is 23.5 Å². The van der Waals surface area contributed by atoms with Gasteiger partial charge in [0.25, 0.3) is 0 Å². The molecule has 43 heavy (non-hydrogen) atoms. The molecule has 0 spiro atoms. The van der Waals surface area contributed by atoms with E-state index in [9.17, 15) is 0 Å². The van der Waals surface area contributed by atoms with Gasteiger partial charge in [-0.05, 0) is 54.6 Å². The molecule has 0 bridgehead atoms. The average Bonchev–Trinajstić information content (AvgIpc) is 3.78. The Balaban J connectivity index is 1.54. The maximum atomic E-state index is 4.98. The van der Waals surface area contributed by atoms with E-state index in [1.54, 1.807) is 0 Å². The zero-order chi connectivity index (χ0) is 28.1. The monoisotopic (exact) mass is 549 g/mol. The summed E-state index contributed by atoms with van der Waals surface area (Å²) in [5.41, 5.74) is 9.94. The molecule has 0 saturated heterocycles. The summed E-state index contributed by atoms with van der Waals surface area (Å²) in [6, 6.07) is 43.4. The van der Waals surface area contributed by atoms with E-state index in [1.807, 2.05) is 24.7 Å². The van der Waals surface area contributed by atoms with Crippen LogP contribution in [-0.4, -0.2) is 23.5 Å². The summed E-state index contributed by atoms with van der Waals surface area (Å²) < 4.78 is 7.02. The van der Waals surface area contributed by atoms with Gasteiger partial charge in [-0.15, -0.1) is 0 Å². The number of imidazole rings is 1. The smallest absolute Gasteiger partial charge is 0.145 e. The molecule has 0 unspecified atom stereocenters. The second-order valence-corrected chi connectivity index (χ2v) is 11.1. The molecule has 0 fully saturated rings. The molecular formula is C38H23N5. The standard InChI is InChI=1S/C38H23N5/c1-3-10-24(11-4-1)42-30-15-8-7-14-26(30)27-17-18-28-33-31(43(37(28)36(27)42)25-12-5-2-6-13-25)20-19-29-34(33)35-32(16-9-21-39-35)41-23-22-40-38(29)41/h1-23H. The van der Waals surface area contributed by atoms with Gasteiger partial charge in [-0.3, -0.25) is 9.38 Å². The average molecular weight is 550 g/mol. The normalized spacial score (nSPS) is 12.2. The van der Waals surface area contributed by atoms with Crippen molar-refractivity contribution in [3.63, 3.8) is 0 Å². The fourth-order valence-corrected chi connectivity index (χ4v) is 7.24. The summed E-state index contributed by atoms with van der Waals surface area (Å²) in [6.07, 6.45) is 5.80. The number of aromatic nitrogens is 5. The lowest BCUT2D eigenvalue weighted by Gasteiger charge is -2.12. The first-order valence-electron chi connectivity index (χ1n) is 14.5. The number of fused-ring (bicyclic) bond motifs is 14. The molecule has 5 nitrogen and oxygen atoms in total. The van der Waals surface area contributed by atoms with Crippen LogP contribution in [0.2, 0.25) is 0 Å². The lowest BCUT2D eigenvalue weighted by Crippen LogP contribution is -1.98. The number of nitrogens with zero attached hydrogens (tertiary/aromatic N) is 5. The summed E-state index contributed by atoms with van der Waals surface area (Å²) in [5, 5.41) is 7.09. The molecule has 10 aromatic rings. The van der Waals surface area contributed by atoms with E-state index in [4.69, 9.17) is 9.97 Å². The van der Waals surface area contributed by atoms with E-state index in [1.165, 1.54) is 38.1 Å². The Kier molecular flexibility index (Phi) is 4.39. The van der Waals surface area contributed by atoms with Crippen molar-refractivity contribution in [3.8, 4) is 11.4 Å². The van der Waals surface area contributed by atoms with Crippen LogP contribution < -0.4 is 0 Å². The first-order chi connectivity index (χ1) is 21.4. The van der Waals surface area contributed by atoms with Gasteiger partial charge in [0.1, 0.15) is 5.65 Å². The highest BCUT2D eigenvalue weighted by Gasteiger charge is 2.24. The van der Waals surface area contributed by atoms with Crippen molar-refractivity contribution in [2.75, 3.05) is 0 Å². The Hall–Kier alpha value is -5.94. The molecule has 200 valence electrons. The van der Waals surface area contributed by atoms with Crippen molar-refractivity contribution < 1.29 is 0 Å². The Morgan fingerprint density at radius 3 is 1.88 bits per heavy atom. The molecule has 0 atom stereocenters. The van der Waals surface area contributed by atoms with Crippen LogP contribution in [0.4, 0.5) is 0 Å². The van der Waals surface area contributed by atoms with Crippen molar-refractivity contribution in [2.24, 2.45) is 0 Å². The van der Waals surface area contributed by atoms with Gasteiger partial charge in [0, 0.05) is 62.3 Å². The zero-order valence-corrected chi connectivity index (χ0v) is 23.0. The minimum atomic E-state index is 0.942. The van der Waals surface area contributed by atoms with Gasteiger partial charge in [-0.25, -0.2) is 4.98 Å². The van der Waals surface area contributed by atoms with E-state index in [0.717, 1.165) is 44.3 Å². The maximum absolute atomic E-state index is 4.98. The molecule has 0 N–H and O–H groups in total. The van der Waals surface area contributed by atoms with Gasteiger partial charge in [-0.2, -0.15) is 0 Å². The quantitative estimate of drug-likeness (QED) is 0.202. The molecule has 5 aromatic carbocycles. The van der Waals surface area contributed by atoms with Crippen LogP contribution in [0.25, 0.3) is 82.4 Å². The highest BCUT2D eigenvalue weighted by Crippen LogP contribution is 2.45. The van der Waals surface area contributed by atoms with Gasteiger partial charge in [0.05, 0.1) is 33.1 Å². The van der Waals surface area contributed by atoms with Crippen LogP contribution in [0, 0.1) is 0 Å². The van der Waals surface area contributed by atoms with Crippen LogP contribution in [-0.2, 0) is 0 Å². The second kappa shape index (κ2) is 8.30. The largest absolute Gasteiger partial charge is 0.307 e. The van der Waals surface area contributed by atoms with E-state index in [2.05, 4.69) is 129 Å². The van der Waals surface area contributed by atoms with Crippen LogP contribution in [0.3, 0.4) is 0 Å². The zero-order valence-electron chi connectivity index (χ0n) is 23.0. The summed E-state index contributed by atoms with van der Waals surface area (Å²) in [6.45, 7) is 0. The molecule has 0 amide bonds. The number of hydrogen-bond donors (Lipinski definition) is 0. The third kappa shape index (κ3) is 2.90. The molecule has 5 heterocycles. The predicted octanol–water partition coefficient (Wildman–Crippen LogP) is 9.23. The van der Waals surface area contributed by atoms with Crippen molar-refractivity contribution in [3.05, 3.63) is 140 Å². The topological polar surface area (TPSA) is 40.0 Å². The summed E-state index contributed by atoms with van der Waals surface area (Å²) in [4.78, 5) is 9.78. The fourth-order valence-electron chi connectivity index (χ4n) is 7.24.